The maximum Gasteiger partial charge on any atom is 0.269 e. The first-order valence-electron chi connectivity index (χ1n) is 7.44. The van der Waals surface area contributed by atoms with Gasteiger partial charge in [0.25, 0.3) is 5.69 Å². The number of halogens is 1. The lowest BCUT2D eigenvalue weighted by molar-refractivity contribution is -0.385. The molecule has 0 aliphatic heterocycles. The highest BCUT2D eigenvalue weighted by Gasteiger charge is 2.44. The van der Waals surface area contributed by atoms with Crippen LogP contribution < -0.4 is 5.32 Å². The minimum absolute atomic E-state index is 0.0135. The van der Waals surface area contributed by atoms with Gasteiger partial charge < -0.3 is 10.4 Å². The van der Waals surface area contributed by atoms with Gasteiger partial charge in [-0.25, -0.2) is 0 Å². The first-order valence-corrected chi connectivity index (χ1v) is 7.81. The molecule has 23 heavy (non-hydrogen) atoms. The molecular weight excluding hydrogens is 316 g/mol. The van der Waals surface area contributed by atoms with Crippen molar-refractivity contribution in [1.29, 1.82) is 0 Å². The molecule has 0 saturated heterocycles. The van der Waals surface area contributed by atoms with Gasteiger partial charge in [-0.15, -0.1) is 0 Å². The molecule has 6 heteroatoms. The number of nitrogens with zero attached hydrogens (tertiary/aromatic N) is 1. The molecule has 0 aromatic heterocycles. The Bertz CT molecular complexity index is 714. The monoisotopic (exact) mass is 332 g/mol. The zero-order valence-corrected chi connectivity index (χ0v) is 13.2. The van der Waals surface area contributed by atoms with E-state index < -0.39 is 11.0 Å². The summed E-state index contributed by atoms with van der Waals surface area (Å²) in [4.78, 5) is 10.4. The van der Waals surface area contributed by atoms with E-state index in [4.69, 9.17) is 11.6 Å². The number of aliphatic hydroxyl groups excluding tert-OH is 1. The third-order valence-corrected chi connectivity index (χ3v) is 4.50. The van der Waals surface area contributed by atoms with Crippen molar-refractivity contribution >= 4 is 17.3 Å². The van der Waals surface area contributed by atoms with Crippen molar-refractivity contribution in [2.75, 3.05) is 6.54 Å². The first kappa shape index (κ1) is 15.9. The highest BCUT2D eigenvalue weighted by atomic mass is 35.5. The van der Waals surface area contributed by atoms with Crippen LogP contribution in [0.1, 0.15) is 30.1 Å². The van der Waals surface area contributed by atoms with Crippen molar-refractivity contribution in [3.05, 3.63) is 74.8 Å². The highest BCUT2D eigenvalue weighted by Crippen LogP contribution is 2.45. The summed E-state index contributed by atoms with van der Waals surface area (Å²) in [5.41, 5.74) is 1.55. The molecule has 1 aliphatic carbocycles. The quantitative estimate of drug-likeness (QED) is 0.626. The van der Waals surface area contributed by atoms with Crippen molar-refractivity contribution in [3.8, 4) is 0 Å². The summed E-state index contributed by atoms with van der Waals surface area (Å²) in [6, 6.07) is 13.8. The normalized spacial score (nSPS) is 16.8. The van der Waals surface area contributed by atoms with Crippen LogP contribution in [0.5, 0.6) is 0 Å². The van der Waals surface area contributed by atoms with Crippen LogP contribution >= 0.6 is 11.6 Å². The van der Waals surface area contributed by atoms with Crippen molar-refractivity contribution in [1.82, 2.24) is 5.32 Å². The first-order chi connectivity index (χ1) is 11.0. The molecule has 1 unspecified atom stereocenters. The third-order valence-electron chi connectivity index (χ3n) is 4.25. The maximum atomic E-state index is 10.8. The summed E-state index contributed by atoms with van der Waals surface area (Å²) < 4.78 is 0. The zero-order chi connectivity index (χ0) is 16.4. The molecule has 1 atom stereocenters. The van der Waals surface area contributed by atoms with Crippen LogP contribution in [0.3, 0.4) is 0 Å². The number of nitro benzene ring substituents is 1. The third kappa shape index (κ3) is 3.52. The van der Waals surface area contributed by atoms with E-state index in [1.54, 1.807) is 12.1 Å². The summed E-state index contributed by atoms with van der Waals surface area (Å²) in [5.74, 6) is 0. The Hall–Kier alpha value is -1.95. The Morgan fingerprint density at radius 2 is 1.96 bits per heavy atom. The van der Waals surface area contributed by atoms with Gasteiger partial charge in [0.05, 0.1) is 11.0 Å². The lowest BCUT2D eigenvalue weighted by Gasteiger charge is -2.20. The van der Waals surface area contributed by atoms with E-state index in [1.807, 2.05) is 24.3 Å². The van der Waals surface area contributed by atoms with Gasteiger partial charge >= 0.3 is 0 Å². The average Bonchev–Trinajstić information content (AvgIpc) is 3.34. The summed E-state index contributed by atoms with van der Waals surface area (Å²) in [5, 5.41) is 25.2. The van der Waals surface area contributed by atoms with Crippen LogP contribution in [0.15, 0.2) is 48.5 Å². The number of benzene rings is 2. The number of nitro groups is 1. The number of hydrogen-bond acceptors (Lipinski definition) is 4. The number of aliphatic hydroxyl groups is 1. The second-order valence-electron chi connectivity index (χ2n) is 5.84. The minimum atomic E-state index is -0.792. The Morgan fingerprint density at radius 1 is 1.26 bits per heavy atom. The number of nitrogens with one attached hydrogen (secondary N) is 1. The van der Waals surface area contributed by atoms with E-state index in [-0.39, 0.29) is 11.2 Å². The van der Waals surface area contributed by atoms with Crippen molar-refractivity contribution in [3.63, 3.8) is 0 Å². The van der Waals surface area contributed by atoms with E-state index >= 15 is 0 Å². The molecule has 0 radical (unpaired) electrons. The van der Waals surface area contributed by atoms with E-state index in [2.05, 4.69) is 5.32 Å². The van der Waals surface area contributed by atoms with Crippen LogP contribution in [-0.2, 0) is 5.54 Å². The summed E-state index contributed by atoms with van der Waals surface area (Å²) in [7, 11) is 0. The van der Waals surface area contributed by atoms with Gasteiger partial charge in [-0.3, -0.25) is 10.1 Å². The van der Waals surface area contributed by atoms with E-state index in [0.717, 1.165) is 18.4 Å². The fourth-order valence-electron chi connectivity index (χ4n) is 2.72. The highest BCUT2D eigenvalue weighted by molar-refractivity contribution is 6.30. The Kier molecular flexibility index (Phi) is 4.35. The molecule has 2 aromatic carbocycles. The molecule has 0 bridgehead atoms. The molecule has 1 aliphatic rings. The van der Waals surface area contributed by atoms with Gasteiger partial charge in [0, 0.05) is 29.2 Å². The summed E-state index contributed by atoms with van der Waals surface area (Å²) in [6.45, 7) is 0.337. The maximum absolute atomic E-state index is 10.8. The van der Waals surface area contributed by atoms with Crippen molar-refractivity contribution in [2.45, 2.75) is 24.5 Å². The molecule has 1 saturated carbocycles. The zero-order valence-electron chi connectivity index (χ0n) is 12.4. The molecule has 1 fully saturated rings. The van der Waals surface area contributed by atoms with Gasteiger partial charge in [0.15, 0.2) is 0 Å². The molecule has 0 heterocycles. The lowest BCUT2D eigenvalue weighted by Crippen LogP contribution is -2.32. The van der Waals surface area contributed by atoms with Gasteiger partial charge in [0.2, 0.25) is 0 Å². The summed E-state index contributed by atoms with van der Waals surface area (Å²) in [6.07, 6.45) is 1.20. The Labute approximate surface area is 139 Å². The predicted octanol–water partition coefficient (Wildman–Crippen LogP) is 3.56. The second-order valence-corrected chi connectivity index (χ2v) is 6.27. The molecule has 2 aromatic rings. The Morgan fingerprint density at radius 3 is 2.57 bits per heavy atom. The largest absolute Gasteiger partial charge is 0.387 e. The number of rotatable bonds is 6. The van der Waals surface area contributed by atoms with Crippen LogP contribution in [0.2, 0.25) is 5.02 Å². The van der Waals surface area contributed by atoms with Crippen LogP contribution in [0.4, 0.5) is 5.69 Å². The van der Waals surface area contributed by atoms with Gasteiger partial charge in [-0.2, -0.15) is 0 Å². The topological polar surface area (TPSA) is 75.4 Å². The van der Waals surface area contributed by atoms with E-state index in [1.165, 1.54) is 12.1 Å². The number of hydrogen-bond donors (Lipinski definition) is 2. The molecular formula is C17H17ClN2O3. The Balaban J connectivity index is 1.67. The molecule has 3 rings (SSSR count). The standard InChI is InChI=1S/C17H17ClN2O3/c18-14-6-4-13(5-7-14)17(8-9-17)19-11-16(21)12-2-1-3-15(10-12)20(22)23/h1-7,10,16,19,21H,8-9,11H2. The fourth-order valence-corrected chi connectivity index (χ4v) is 2.84. The average molecular weight is 333 g/mol. The fraction of sp³-hybridized carbons (Fsp3) is 0.294. The molecule has 0 spiro atoms. The van der Waals surface area contributed by atoms with E-state index in [0.29, 0.717) is 17.1 Å². The van der Waals surface area contributed by atoms with Crippen molar-refractivity contribution < 1.29 is 10.0 Å². The lowest BCUT2D eigenvalue weighted by atomic mass is 10.0. The molecule has 5 nitrogen and oxygen atoms in total. The molecule has 0 amide bonds. The summed E-state index contributed by atoms with van der Waals surface area (Å²) >= 11 is 5.91. The van der Waals surface area contributed by atoms with Gasteiger partial charge in [-0.1, -0.05) is 35.9 Å². The van der Waals surface area contributed by atoms with Crippen LogP contribution in [0.25, 0.3) is 0 Å². The van der Waals surface area contributed by atoms with Gasteiger partial charge in [-0.05, 0) is 36.1 Å². The molecule has 120 valence electrons. The minimum Gasteiger partial charge on any atom is -0.387 e. The van der Waals surface area contributed by atoms with Crippen molar-refractivity contribution in [2.24, 2.45) is 0 Å². The predicted molar refractivity (Wildman–Crippen MR) is 88.4 cm³/mol. The molecule has 2 N–H and O–H groups in total. The van der Waals surface area contributed by atoms with Crippen LogP contribution in [-0.4, -0.2) is 16.6 Å². The second kappa shape index (κ2) is 6.28. The van der Waals surface area contributed by atoms with Crippen LogP contribution in [0, 0.1) is 10.1 Å². The smallest absolute Gasteiger partial charge is 0.269 e. The van der Waals surface area contributed by atoms with Gasteiger partial charge in [0.1, 0.15) is 0 Å². The van der Waals surface area contributed by atoms with E-state index in [9.17, 15) is 15.2 Å². The SMILES string of the molecule is O=[N+]([O-])c1cccc(C(O)CNC2(c3ccc(Cl)cc3)CC2)c1. The number of non-ortho nitro benzene ring substituents is 1.